The number of nitrogens with zero attached hydrogens (tertiary/aromatic N) is 1. The maximum absolute atomic E-state index is 14.4. The molecule has 0 radical (unpaired) electrons. The quantitative estimate of drug-likeness (QED) is 0.156. The molecule has 4 bridgehead atoms. The normalized spacial score (nSPS) is 30.5. The van der Waals surface area contributed by atoms with Crippen molar-refractivity contribution in [2.24, 2.45) is 29.6 Å². The molecule has 7 atom stereocenters. The summed E-state index contributed by atoms with van der Waals surface area (Å²) < 4.78 is 46.4. The van der Waals surface area contributed by atoms with E-state index in [1.54, 1.807) is 18.2 Å². The number of hydrogen-bond donors (Lipinski definition) is 1. The lowest BCUT2D eigenvalue weighted by Gasteiger charge is -2.45. The van der Waals surface area contributed by atoms with Crippen LogP contribution in [0.15, 0.2) is 89.8 Å². The maximum atomic E-state index is 14.4. The Hall–Kier alpha value is -4.54. The van der Waals surface area contributed by atoms with Crippen molar-refractivity contribution in [2.45, 2.75) is 61.6 Å². The van der Waals surface area contributed by atoms with Crippen LogP contribution < -0.4 is 4.74 Å². The molecule has 7 unspecified atom stereocenters. The molecule has 1 heterocycles. The number of hydrogen-bond acceptors (Lipinski definition) is 7. The fourth-order valence-electron chi connectivity index (χ4n) is 10.2. The Morgan fingerprint density at radius 1 is 0.796 bits per heavy atom. The van der Waals surface area contributed by atoms with Crippen molar-refractivity contribution < 1.29 is 36.8 Å². The van der Waals surface area contributed by atoms with Crippen LogP contribution in [0.25, 0.3) is 10.8 Å². The molecule has 10 heteroatoms. The van der Waals surface area contributed by atoms with Crippen LogP contribution in [0.2, 0.25) is 0 Å². The van der Waals surface area contributed by atoms with Crippen molar-refractivity contribution >= 4 is 38.7 Å². The van der Waals surface area contributed by atoms with Gasteiger partial charge in [0.15, 0.2) is 0 Å². The van der Waals surface area contributed by atoms with Gasteiger partial charge in [-0.1, -0.05) is 72.8 Å². The molecule has 0 spiro atoms. The lowest BCUT2D eigenvalue weighted by molar-refractivity contribution is -0.165. The van der Waals surface area contributed by atoms with Gasteiger partial charge in [0.25, 0.3) is 10.1 Å². The van der Waals surface area contributed by atoms with Gasteiger partial charge in [0.05, 0.1) is 23.8 Å². The highest BCUT2D eigenvalue weighted by atomic mass is 32.2. The van der Waals surface area contributed by atoms with E-state index >= 15 is 0 Å². The summed E-state index contributed by atoms with van der Waals surface area (Å²) in [6.45, 7) is 3.89. The highest BCUT2D eigenvalue weighted by Gasteiger charge is 2.71. The summed E-state index contributed by atoms with van der Waals surface area (Å²) >= 11 is 0. The first kappa shape index (κ1) is 30.5. The number of carbonyl (C=O) groups excluding carboxylic acids is 3. The Bertz CT molecular complexity index is 2150. The average molecular weight is 678 g/mol. The number of rotatable bonds is 6. The molecule has 2 saturated carbocycles. The third kappa shape index (κ3) is 4.32. The van der Waals surface area contributed by atoms with Gasteiger partial charge in [-0.3, -0.25) is 18.9 Å². The van der Waals surface area contributed by atoms with E-state index in [0.717, 1.165) is 11.1 Å². The fraction of sp³-hybridized carbons (Fsp3) is 0.359. The predicted molar refractivity (Wildman–Crippen MR) is 178 cm³/mol. The zero-order chi connectivity index (χ0) is 33.9. The molecule has 1 amide bonds. The molecule has 1 N–H and O–H groups in total. The lowest BCUT2D eigenvalue weighted by Crippen LogP contribution is -2.50. The van der Waals surface area contributed by atoms with E-state index in [4.69, 9.17) is 9.47 Å². The third-order valence-electron chi connectivity index (χ3n) is 11.9. The largest absolute Gasteiger partial charge is 0.460 e. The van der Waals surface area contributed by atoms with Gasteiger partial charge in [0.2, 0.25) is 5.91 Å². The average Bonchev–Trinajstić information content (AvgIpc) is 3.71. The molecule has 0 aromatic heterocycles. The minimum absolute atomic E-state index is 0.0874. The maximum Gasteiger partial charge on any atom is 0.315 e. The third-order valence-corrected chi connectivity index (χ3v) is 12.8. The van der Waals surface area contributed by atoms with Gasteiger partial charge in [-0.05, 0) is 67.0 Å². The van der Waals surface area contributed by atoms with Gasteiger partial charge < -0.3 is 14.4 Å². The summed E-state index contributed by atoms with van der Waals surface area (Å²) in [5, 5.41) is 0.549. The standard InChI is InChI=1S/C39H35NO8S/c1-19(2)40-35-27-18-28(34(33(27)37(40)41)39(43)47-30-15-16-31(49(44,45)46)23-12-6-5-11-22(23)30)36(35)48-38(42)29-17-26-20-9-3-7-13-24(20)32(29)25-14-8-4-10-21(25)26/h3-16,19,26-29,32-36H,17-18H2,1-2H3,(H,44,45,46). The summed E-state index contributed by atoms with van der Waals surface area (Å²) in [5.74, 6) is -3.34. The number of ether oxygens (including phenoxy) is 2. The van der Waals surface area contributed by atoms with Gasteiger partial charge >= 0.3 is 11.9 Å². The fourth-order valence-corrected chi connectivity index (χ4v) is 10.9. The zero-order valence-electron chi connectivity index (χ0n) is 26.9. The molecular formula is C39H35NO8S. The molecule has 4 aromatic carbocycles. The van der Waals surface area contributed by atoms with Gasteiger partial charge in [-0.25, -0.2) is 0 Å². The van der Waals surface area contributed by atoms with Crippen LogP contribution in [0.5, 0.6) is 5.75 Å². The summed E-state index contributed by atoms with van der Waals surface area (Å²) in [7, 11) is -4.53. The minimum Gasteiger partial charge on any atom is -0.460 e. The topological polar surface area (TPSA) is 127 Å². The van der Waals surface area contributed by atoms with E-state index in [9.17, 15) is 27.4 Å². The van der Waals surface area contributed by atoms with Crippen LogP contribution in [-0.2, 0) is 29.2 Å². The Kier molecular flexibility index (Phi) is 6.68. The Balaban J connectivity index is 1.04. The van der Waals surface area contributed by atoms with E-state index in [2.05, 4.69) is 24.3 Å². The lowest BCUT2D eigenvalue weighted by atomic mass is 9.59. The summed E-state index contributed by atoms with van der Waals surface area (Å²) in [6, 6.07) is 25.2. The molecule has 5 aliphatic carbocycles. The second-order valence-corrected chi connectivity index (χ2v) is 15.9. The monoisotopic (exact) mass is 677 g/mol. The van der Waals surface area contributed by atoms with E-state index in [0.29, 0.717) is 18.2 Å². The second kappa shape index (κ2) is 10.7. The van der Waals surface area contributed by atoms with Gasteiger partial charge in [-0.15, -0.1) is 0 Å². The highest BCUT2D eigenvalue weighted by Crippen LogP contribution is 2.61. The number of esters is 2. The molecule has 1 aliphatic heterocycles. The smallest absolute Gasteiger partial charge is 0.315 e. The van der Waals surface area contributed by atoms with Crippen molar-refractivity contribution in [1.82, 2.24) is 4.90 Å². The zero-order valence-corrected chi connectivity index (χ0v) is 27.7. The predicted octanol–water partition coefficient (Wildman–Crippen LogP) is 5.70. The molecular weight excluding hydrogens is 642 g/mol. The molecule has 9 nitrogen and oxygen atoms in total. The first-order valence-corrected chi connectivity index (χ1v) is 18.4. The number of carbonyl (C=O) groups is 3. The molecule has 49 heavy (non-hydrogen) atoms. The van der Waals surface area contributed by atoms with Crippen LogP contribution in [0.1, 0.15) is 60.8 Å². The molecule has 1 saturated heterocycles. The van der Waals surface area contributed by atoms with E-state index in [-0.39, 0.29) is 57.7 Å². The minimum atomic E-state index is -4.53. The van der Waals surface area contributed by atoms with Crippen molar-refractivity contribution in [2.75, 3.05) is 0 Å². The highest BCUT2D eigenvalue weighted by molar-refractivity contribution is 7.86. The van der Waals surface area contributed by atoms with Crippen LogP contribution in [0, 0.1) is 29.6 Å². The van der Waals surface area contributed by atoms with Crippen LogP contribution in [0.3, 0.4) is 0 Å². The van der Waals surface area contributed by atoms with Crippen LogP contribution in [-0.4, -0.2) is 53.9 Å². The van der Waals surface area contributed by atoms with E-state index in [1.807, 2.05) is 43.0 Å². The SMILES string of the molecule is CC(C)N1C(=O)C2C3CC(C(OC(=O)C4CC5c6ccccc6C4c4ccccc45)C31)C2C(=O)Oc1ccc(S(=O)(=O)O)c2ccccc12. The van der Waals surface area contributed by atoms with Crippen molar-refractivity contribution in [3.05, 3.63) is 107 Å². The summed E-state index contributed by atoms with van der Waals surface area (Å²) in [6.07, 6.45) is 0.536. The van der Waals surface area contributed by atoms with Crippen LogP contribution in [0.4, 0.5) is 0 Å². The Morgan fingerprint density at radius 2 is 1.41 bits per heavy atom. The molecule has 3 fully saturated rings. The molecule has 10 rings (SSSR count). The first-order valence-electron chi connectivity index (χ1n) is 17.0. The Morgan fingerprint density at radius 3 is 2.04 bits per heavy atom. The number of likely N-dealkylation sites (tertiary alicyclic amines) is 1. The van der Waals surface area contributed by atoms with Crippen molar-refractivity contribution in [3.8, 4) is 5.75 Å². The molecule has 4 aromatic rings. The van der Waals surface area contributed by atoms with Gasteiger partial charge in [0, 0.05) is 34.6 Å². The van der Waals surface area contributed by atoms with E-state index < -0.39 is 45.9 Å². The molecule has 250 valence electrons. The molecule has 6 aliphatic rings. The van der Waals surface area contributed by atoms with E-state index in [1.165, 1.54) is 29.3 Å². The van der Waals surface area contributed by atoms with Crippen molar-refractivity contribution in [3.63, 3.8) is 0 Å². The van der Waals surface area contributed by atoms with Gasteiger partial charge in [0.1, 0.15) is 16.7 Å². The number of amides is 1. The summed E-state index contributed by atoms with van der Waals surface area (Å²) in [4.78, 5) is 44.1. The second-order valence-electron chi connectivity index (χ2n) is 14.5. The summed E-state index contributed by atoms with van der Waals surface area (Å²) in [5.41, 5.74) is 4.82. The van der Waals surface area contributed by atoms with Gasteiger partial charge in [-0.2, -0.15) is 8.42 Å². The first-order chi connectivity index (χ1) is 23.5. The Labute approximate surface area is 284 Å². The number of benzene rings is 4. The van der Waals surface area contributed by atoms with Crippen molar-refractivity contribution in [1.29, 1.82) is 0 Å². The number of fused-ring (bicyclic) bond motifs is 3. The van der Waals surface area contributed by atoms with Crippen LogP contribution >= 0.6 is 0 Å².